The highest BCUT2D eigenvalue weighted by atomic mass is 15.2. The summed E-state index contributed by atoms with van der Waals surface area (Å²) in [7, 11) is 7.77. The van der Waals surface area contributed by atoms with Crippen LogP contribution in [0.3, 0.4) is 0 Å². The molecule has 4 nitrogen and oxygen atoms in total. The van der Waals surface area contributed by atoms with Gasteiger partial charge in [-0.15, -0.1) is 0 Å². The van der Waals surface area contributed by atoms with Gasteiger partial charge in [-0.05, 0) is 12.1 Å². The van der Waals surface area contributed by atoms with Crippen LogP contribution in [0.4, 0.5) is 17.3 Å². The first-order chi connectivity index (χ1) is 6.02. The third kappa shape index (κ3) is 2.02. The predicted molar refractivity (Wildman–Crippen MR) is 57.3 cm³/mol. The lowest BCUT2D eigenvalue weighted by molar-refractivity contribution is 1.02. The average Bonchev–Trinajstić information content (AvgIpc) is 2.04. The van der Waals surface area contributed by atoms with Crippen LogP contribution in [-0.4, -0.2) is 33.2 Å². The zero-order chi connectivity index (χ0) is 10.0. The molecule has 1 heterocycles. The molecule has 13 heavy (non-hydrogen) atoms. The fourth-order valence-corrected chi connectivity index (χ4v) is 1.06. The molecule has 0 unspecified atom stereocenters. The Hall–Kier alpha value is -1.45. The van der Waals surface area contributed by atoms with Crippen molar-refractivity contribution in [2.45, 2.75) is 0 Å². The van der Waals surface area contributed by atoms with E-state index in [1.54, 1.807) is 0 Å². The van der Waals surface area contributed by atoms with Gasteiger partial charge in [0.15, 0.2) is 5.82 Å². The molecule has 2 N–H and O–H groups in total. The van der Waals surface area contributed by atoms with Crippen LogP contribution in [0, 0.1) is 0 Å². The molecule has 0 saturated heterocycles. The summed E-state index contributed by atoms with van der Waals surface area (Å²) in [4.78, 5) is 8.25. The van der Waals surface area contributed by atoms with Gasteiger partial charge in [-0.25, -0.2) is 4.98 Å². The Labute approximate surface area is 79.0 Å². The van der Waals surface area contributed by atoms with Crippen LogP contribution < -0.4 is 15.5 Å². The van der Waals surface area contributed by atoms with Gasteiger partial charge >= 0.3 is 0 Å². The van der Waals surface area contributed by atoms with Gasteiger partial charge in [0.25, 0.3) is 0 Å². The van der Waals surface area contributed by atoms with Crippen molar-refractivity contribution in [3.05, 3.63) is 12.1 Å². The Balaban J connectivity index is 3.11. The van der Waals surface area contributed by atoms with Crippen LogP contribution in [0.15, 0.2) is 12.1 Å². The van der Waals surface area contributed by atoms with Crippen molar-refractivity contribution < 1.29 is 0 Å². The molecule has 0 bridgehead atoms. The van der Waals surface area contributed by atoms with E-state index in [4.69, 9.17) is 5.73 Å². The van der Waals surface area contributed by atoms with Crippen LogP contribution in [0.5, 0.6) is 0 Å². The number of hydrogen-bond acceptors (Lipinski definition) is 4. The highest BCUT2D eigenvalue weighted by Gasteiger charge is 2.05. The summed E-state index contributed by atoms with van der Waals surface area (Å²) in [5, 5.41) is 0. The van der Waals surface area contributed by atoms with E-state index in [0.29, 0.717) is 5.69 Å². The monoisotopic (exact) mass is 180 g/mol. The second-order valence-corrected chi connectivity index (χ2v) is 3.37. The Morgan fingerprint density at radius 2 is 1.69 bits per heavy atom. The molecule has 0 atom stereocenters. The number of nitrogen functional groups attached to an aromatic ring is 1. The topological polar surface area (TPSA) is 45.4 Å². The second kappa shape index (κ2) is 3.51. The standard InChI is InChI=1S/C9H16N4/c1-12(2)8-6-5-7(10)9(11-8)13(3)4/h5-6H,10H2,1-4H3. The first-order valence-electron chi connectivity index (χ1n) is 4.13. The van der Waals surface area contributed by atoms with Crippen LogP contribution in [0.25, 0.3) is 0 Å². The Morgan fingerprint density at radius 3 is 2.15 bits per heavy atom. The largest absolute Gasteiger partial charge is 0.396 e. The quantitative estimate of drug-likeness (QED) is 0.731. The van der Waals surface area contributed by atoms with Crippen molar-refractivity contribution in [2.75, 3.05) is 43.7 Å². The van der Waals surface area contributed by atoms with Crippen molar-refractivity contribution in [2.24, 2.45) is 0 Å². The molecule has 1 rings (SSSR count). The van der Waals surface area contributed by atoms with Gasteiger partial charge in [0, 0.05) is 28.2 Å². The Kier molecular flexibility index (Phi) is 2.60. The molecule has 0 aliphatic rings. The van der Waals surface area contributed by atoms with Crippen LogP contribution >= 0.6 is 0 Å². The van der Waals surface area contributed by atoms with E-state index in [1.807, 2.05) is 50.1 Å². The lowest BCUT2D eigenvalue weighted by atomic mass is 10.3. The number of pyridine rings is 1. The summed E-state index contributed by atoms with van der Waals surface area (Å²) < 4.78 is 0. The smallest absolute Gasteiger partial charge is 0.153 e. The minimum Gasteiger partial charge on any atom is -0.396 e. The maximum Gasteiger partial charge on any atom is 0.153 e. The maximum atomic E-state index is 5.77. The highest BCUT2D eigenvalue weighted by Crippen LogP contribution is 2.21. The number of nitrogens with zero attached hydrogens (tertiary/aromatic N) is 3. The third-order valence-electron chi connectivity index (χ3n) is 1.77. The van der Waals surface area contributed by atoms with Gasteiger partial charge in [0.05, 0.1) is 5.69 Å². The van der Waals surface area contributed by atoms with Crippen molar-refractivity contribution >= 4 is 17.3 Å². The molecule has 4 heteroatoms. The van der Waals surface area contributed by atoms with Crippen LogP contribution in [0.2, 0.25) is 0 Å². The van der Waals surface area contributed by atoms with Gasteiger partial charge in [-0.3, -0.25) is 0 Å². The lowest BCUT2D eigenvalue weighted by Crippen LogP contribution is -2.16. The van der Waals surface area contributed by atoms with Gasteiger partial charge in [0.2, 0.25) is 0 Å². The first-order valence-corrected chi connectivity index (χ1v) is 4.13. The maximum absolute atomic E-state index is 5.77. The summed E-state index contributed by atoms with van der Waals surface area (Å²) in [6.45, 7) is 0. The summed E-state index contributed by atoms with van der Waals surface area (Å²) in [5.74, 6) is 1.73. The van der Waals surface area contributed by atoms with Crippen molar-refractivity contribution in [3.63, 3.8) is 0 Å². The lowest BCUT2D eigenvalue weighted by Gasteiger charge is -2.17. The fraction of sp³-hybridized carbons (Fsp3) is 0.444. The molecule has 1 aromatic rings. The molecular weight excluding hydrogens is 164 g/mol. The van der Waals surface area contributed by atoms with E-state index in [1.165, 1.54) is 0 Å². The summed E-state index contributed by atoms with van der Waals surface area (Å²) in [6.07, 6.45) is 0. The molecular formula is C9H16N4. The molecule has 0 spiro atoms. The van der Waals surface area contributed by atoms with Crippen molar-refractivity contribution in [3.8, 4) is 0 Å². The van der Waals surface area contributed by atoms with Gasteiger partial charge in [-0.2, -0.15) is 0 Å². The van der Waals surface area contributed by atoms with Gasteiger partial charge in [-0.1, -0.05) is 0 Å². The fourth-order valence-electron chi connectivity index (χ4n) is 1.06. The van der Waals surface area contributed by atoms with Gasteiger partial charge < -0.3 is 15.5 Å². The van der Waals surface area contributed by atoms with E-state index in [-0.39, 0.29) is 0 Å². The zero-order valence-corrected chi connectivity index (χ0v) is 8.57. The van der Waals surface area contributed by atoms with Gasteiger partial charge in [0.1, 0.15) is 5.82 Å². The number of aromatic nitrogens is 1. The summed E-state index contributed by atoms with van der Waals surface area (Å²) in [6, 6.07) is 3.78. The molecule has 72 valence electrons. The highest BCUT2D eigenvalue weighted by molar-refractivity contribution is 5.65. The summed E-state index contributed by atoms with van der Waals surface area (Å²) in [5.41, 5.74) is 6.47. The Morgan fingerprint density at radius 1 is 1.08 bits per heavy atom. The SMILES string of the molecule is CN(C)c1ccc(N)c(N(C)C)n1. The van der Waals surface area contributed by atoms with E-state index in [0.717, 1.165) is 11.6 Å². The van der Waals surface area contributed by atoms with Crippen LogP contribution in [-0.2, 0) is 0 Å². The molecule has 0 aliphatic carbocycles. The van der Waals surface area contributed by atoms with E-state index in [2.05, 4.69) is 4.98 Å². The zero-order valence-electron chi connectivity index (χ0n) is 8.57. The predicted octanol–water partition coefficient (Wildman–Crippen LogP) is 0.796. The normalized spacial score (nSPS) is 9.85. The van der Waals surface area contributed by atoms with Crippen LogP contribution in [0.1, 0.15) is 0 Å². The molecule has 0 amide bonds. The molecule has 0 aromatic carbocycles. The van der Waals surface area contributed by atoms with Crippen molar-refractivity contribution in [1.29, 1.82) is 0 Å². The number of nitrogens with two attached hydrogens (primary N) is 1. The minimum absolute atomic E-state index is 0.704. The summed E-state index contributed by atoms with van der Waals surface area (Å²) >= 11 is 0. The van der Waals surface area contributed by atoms with Crippen molar-refractivity contribution in [1.82, 2.24) is 4.98 Å². The average molecular weight is 180 g/mol. The molecule has 0 radical (unpaired) electrons. The molecule has 0 saturated carbocycles. The number of rotatable bonds is 2. The number of hydrogen-bond donors (Lipinski definition) is 1. The van der Waals surface area contributed by atoms with E-state index >= 15 is 0 Å². The van der Waals surface area contributed by atoms with E-state index in [9.17, 15) is 0 Å². The minimum atomic E-state index is 0.704. The number of anilines is 3. The molecule has 0 fully saturated rings. The third-order valence-corrected chi connectivity index (χ3v) is 1.77. The van der Waals surface area contributed by atoms with E-state index < -0.39 is 0 Å². The molecule has 0 aliphatic heterocycles. The first kappa shape index (κ1) is 9.64. The molecule has 1 aromatic heterocycles. The second-order valence-electron chi connectivity index (χ2n) is 3.37. The Bertz CT molecular complexity index is 294.